The molecule has 1 saturated heterocycles. The van der Waals surface area contributed by atoms with Gasteiger partial charge in [0.05, 0.1) is 25.1 Å². The number of aromatic nitrogens is 2. The zero-order valence-electron chi connectivity index (χ0n) is 18.2. The maximum atomic E-state index is 13.6. The van der Waals surface area contributed by atoms with Gasteiger partial charge in [-0.05, 0) is 49.4 Å². The predicted octanol–water partition coefficient (Wildman–Crippen LogP) is 4.65. The van der Waals surface area contributed by atoms with E-state index in [0.717, 1.165) is 41.5 Å². The lowest BCUT2D eigenvalue weighted by Crippen LogP contribution is -2.29. The van der Waals surface area contributed by atoms with Crippen molar-refractivity contribution >= 4 is 39.3 Å². The van der Waals surface area contributed by atoms with Crippen molar-refractivity contribution in [3.05, 3.63) is 56.4 Å². The zero-order valence-corrected chi connectivity index (χ0v) is 19.9. The number of ether oxygens (including phenoxy) is 2. The number of thioether (sulfide) groups is 1. The van der Waals surface area contributed by atoms with Crippen LogP contribution in [0.25, 0.3) is 10.2 Å². The van der Waals surface area contributed by atoms with Gasteiger partial charge in [-0.1, -0.05) is 30.8 Å². The Kier molecular flexibility index (Phi) is 6.97. The third-order valence-electron chi connectivity index (χ3n) is 5.65. The number of esters is 1. The predicted molar refractivity (Wildman–Crippen MR) is 124 cm³/mol. The Balaban J connectivity index is 1.84. The van der Waals surface area contributed by atoms with Gasteiger partial charge >= 0.3 is 5.97 Å². The first kappa shape index (κ1) is 22.9. The zero-order chi connectivity index (χ0) is 22.8. The molecule has 1 aliphatic rings. The standard InChI is InChI=1S/C23H25FN2O4S2/c1-4-17-13(2)31-20-18(17)21(27)26(12-16-6-5-11-30-16)23(25-20)32-19(22(28)29-3)14-7-9-15(24)10-8-14/h7-10,16,19H,4-6,11-12H2,1-3H3/t16-,19-/m0/s1. The molecular weight excluding hydrogens is 451 g/mol. The summed E-state index contributed by atoms with van der Waals surface area (Å²) < 4.78 is 25.9. The van der Waals surface area contributed by atoms with Crippen molar-refractivity contribution in [3.63, 3.8) is 0 Å². The average Bonchev–Trinajstić information content (AvgIpc) is 3.41. The number of hydrogen-bond donors (Lipinski definition) is 0. The van der Waals surface area contributed by atoms with E-state index in [1.54, 1.807) is 16.7 Å². The van der Waals surface area contributed by atoms with Crippen LogP contribution in [0.15, 0.2) is 34.2 Å². The lowest BCUT2D eigenvalue weighted by molar-refractivity contribution is -0.140. The van der Waals surface area contributed by atoms with E-state index < -0.39 is 17.0 Å². The molecule has 0 amide bonds. The molecule has 6 nitrogen and oxygen atoms in total. The van der Waals surface area contributed by atoms with E-state index in [0.29, 0.717) is 34.1 Å². The molecule has 170 valence electrons. The highest BCUT2D eigenvalue weighted by Gasteiger charge is 2.28. The van der Waals surface area contributed by atoms with Crippen molar-refractivity contribution in [2.75, 3.05) is 13.7 Å². The van der Waals surface area contributed by atoms with Gasteiger partial charge in [0.15, 0.2) is 5.16 Å². The van der Waals surface area contributed by atoms with Gasteiger partial charge < -0.3 is 9.47 Å². The minimum atomic E-state index is -0.785. The van der Waals surface area contributed by atoms with Crippen LogP contribution < -0.4 is 5.56 Å². The molecule has 0 saturated carbocycles. The first-order chi connectivity index (χ1) is 15.4. The highest BCUT2D eigenvalue weighted by atomic mass is 32.2. The molecular formula is C23H25FN2O4S2. The summed E-state index contributed by atoms with van der Waals surface area (Å²) in [6, 6.07) is 5.71. The number of benzene rings is 1. The van der Waals surface area contributed by atoms with E-state index in [2.05, 4.69) is 0 Å². The summed E-state index contributed by atoms with van der Waals surface area (Å²) in [7, 11) is 1.31. The van der Waals surface area contributed by atoms with E-state index in [1.807, 2.05) is 13.8 Å². The second-order valence-electron chi connectivity index (χ2n) is 7.69. The fourth-order valence-electron chi connectivity index (χ4n) is 4.00. The third kappa shape index (κ3) is 4.46. The van der Waals surface area contributed by atoms with E-state index in [9.17, 15) is 14.0 Å². The van der Waals surface area contributed by atoms with Crippen LogP contribution >= 0.6 is 23.1 Å². The summed E-state index contributed by atoms with van der Waals surface area (Å²) in [6.07, 6.45) is 2.50. The van der Waals surface area contributed by atoms with Crippen molar-refractivity contribution < 1.29 is 18.7 Å². The second-order valence-corrected chi connectivity index (χ2v) is 9.96. The van der Waals surface area contributed by atoms with Crippen LogP contribution in [0, 0.1) is 12.7 Å². The molecule has 2 aromatic heterocycles. The van der Waals surface area contributed by atoms with Crippen molar-refractivity contribution in [2.24, 2.45) is 0 Å². The van der Waals surface area contributed by atoms with Crippen LogP contribution in [-0.2, 0) is 27.2 Å². The second kappa shape index (κ2) is 9.72. The fraction of sp³-hybridized carbons (Fsp3) is 0.435. The van der Waals surface area contributed by atoms with Crippen molar-refractivity contribution in [3.8, 4) is 0 Å². The van der Waals surface area contributed by atoms with Crippen LogP contribution in [0.1, 0.15) is 41.0 Å². The third-order valence-corrected chi connectivity index (χ3v) is 7.92. The number of methoxy groups -OCH3 is 1. The molecule has 1 aliphatic heterocycles. The van der Waals surface area contributed by atoms with Crippen LogP contribution in [0.5, 0.6) is 0 Å². The number of halogens is 1. The number of carbonyl (C=O) groups excluding carboxylic acids is 1. The maximum Gasteiger partial charge on any atom is 0.323 e. The molecule has 0 aliphatic carbocycles. The van der Waals surface area contributed by atoms with Gasteiger partial charge in [-0.25, -0.2) is 9.37 Å². The maximum absolute atomic E-state index is 13.6. The Labute approximate surface area is 193 Å². The molecule has 0 N–H and O–H groups in total. The number of aryl methyl sites for hydroxylation is 2. The molecule has 1 aromatic carbocycles. The first-order valence-electron chi connectivity index (χ1n) is 10.6. The normalized spacial score (nSPS) is 17.1. The largest absolute Gasteiger partial charge is 0.468 e. The summed E-state index contributed by atoms with van der Waals surface area (Å²) in [4.78, 5) is 32.8. The molecule has 3 aromatic rings. The summed E-state index contributed by atoms with van der Waals surface area (Å²) in [5.41, 5.74) is 1.48. The Morgan fingerprint density at radius 3 is 2.78 bits per heavy atom. The summed E-state index contributed by atoms with van der Waals surface area (Å²) in [5.74, 6) is -0.880. The van der Waals surface area contributed by atoms with E-state index in [1.165, 1.54) is 30.6 Å². The van der Waals surface area contributed by atoms with E-state index in [4.69, 9.17) is 14.5 Å². The van der Waals surface area contributed by atoms with Gasteiger partial charge in [0.1, 0.15) is 15.9 Å². The summed E-state index contributed by atoms with van der Waals surface area (Å²) in [6.45, 7) is 5.08. The number of thiophene rings is 1. The van der Waals surface area contributed by atoms with Gasteiger partial charge in [-0.3, -0.25) is 14.2 Å². The Hall–Kier alpha value is -2.23. The lowest BCUT2D eigenvalue weighted by atomic mass is 10.1. The monoisotopic (exact) mass is 476 g/mol. The van der Waals surface area contributed by atoms with Crippen molar-refractivity contribution in [2.45, 2.75) is 56.2 Å². The molecule has 0 spiro atoms. The van der Waals surface area contributed by atoms with E-state index in [-0.39, 0.29) is 11.7 Å². The number of rotatable bonds is 7. The quantitative estimate of drug-likeness (QED) is 0.281. The van der Waals surface area contributed by atoms with Crippen LogP contribution in [0.4, 0.5) is 4.39 Å². The highest BCUT2D eigenvalue weighted by Crippen LogP contribution is 2.37. The molecule has 3 heterocycles. The smallest absolute Gasteiger partial charge is 0.323 e. The SMILES string of the molecule is CCc1c(C)sc2nc(S[C@H](C(=O)OC)c3ccc(F)cc3)n(C[C@@H]3CCCO3)c(=O)c12. The Morgan fingerprint density at radius 1 is 1.41 bits per heavy atom. The first-order valence-corrected chi connectivity index (χ1v) is 12.3. The van der Waals surface area contributed by atoms with Crippen molar-refractivity contribution in [1.29, 1.82) is 0 Å². The molecule has 1 fully saturated rings. The summed E-state index contributed by atoms with van der Waals surface area (Å²) in [5, 5.41) is 0.294. The van der Waals surface area contributed by atoms with Crippen molar-refractivity contribution in [1.82, 2.24) is 9.55 Å². The average molecular weight is 477 g/mol. The van der Waals surface area contributed by atoms with Crippen LogP contribution in [-0.4, -0.2) is 35.3 Å². The molecule has 0 bridgehead atoms. The minimum absolute atomic E-state index is 0.0708. The Bertz CT molecular complexity index is 1180. The minimum Gasteiger partial charge on any atom is -0.468 e. The van der Waals surface area contributed by atoms with Gasteiger partial charge in [0.25, 0.3) is 5.56 Å². The highest BCUT2D eigenvalue weighted by molar-refractivity contribution is 8.00. The molecule has 4 rings (SSSR count). The summed E-state index contributed by atoms with van der Waals surface area (Å²) >= 11 is 2.64. The fourth-order valence-corrected chi connectivity index (χ4v) is 6.29. The molecule has 0 unspecified atom stereocenters. The van der Waals surface area contributed by atoms with Gasteiger partial charge in [0.2, 0.25) is 0 Å². The van der Waals surface area contributed by atoms with Gasteiger partial charge in [-0.15, -0.1) is 11.3 Å². The molecule has 32 heavy (non-hydrogen) atoms. The molecule has 0 radical (unpaired) electrons. The molecule has 9 heteroatoms. The molecule has 2 atom stereocenters. The number of fused-ring (bicyclic) bond motifs is 1. The lowest BCUT2D eigenvalue weighted by Gasteiger charge is -2.19. The Morgan fingerprint density at radius 2 is 2.16 bits per heavy atom. The van der Waals surface area contributed by atoms with E-state index >= 15 is 0 Å². The van der Waals surface area contributed by atoms with Gasteiger partial charge in [0, 0.05) is 11.5 Å². The number of hydrogen-bond acceptors (Lipinski definition) is 7. The van der Waals surface area contributed by atoms with Gasteiger partial charge in [-0.2, -0.15) is 0 Å². The van der Waals surface area contributed by atoms with Crippen LogP contribution in [0.2, 0.25) is 0 Å². The van der Waals surface area contributed by atoms with Crippen LogP contribution in [0.3, 0.4) is 0 Å². The number of nitrogens with zero attached hydrogens (tertiary/aromatic N) is 2. The number of carbonyl (C=O) groups is 1. The topological polar surface area (TPSA) is 70.4 Å².